The number of ether oxygens (including phenoxy) is 1. The van der Waals surface area contributed by atoms with E-state index >= 15 is 0 Å². The van der Waals surface area contributed by atoms with Crippen LogP contribution in [0.1, 0.15) is 17.7 Å². The minimum absolute atomic E-state index is 0.0497. The molecule has 2 aromatic rings. The second-order valence-corrected chi connectivity index (χ2v) is 5.15. The van der Waals surface area contributed by atoms with Crippen molar-refractivity contribution in [1.82, 2.24) is 4.98 Å². The lowest BCUT2D eigenvalue weighted by atomic mass is 10.0. The first-order valence-corrected chi connectivity index (χ1v) is 6.89. The Morgan fingerprint density at radius 3 is 2.76 bits per heavy atom. The Bertz CT molecular complexity index is 713. The number of fused-ring (bicyclic) bond motifs is 1. The number of carbonyl (C=O) groups excluding carboxylic acids is 1. The van der Waals surface area contributed by atoms with E-state index < -0.39 is 0 Å². The lowest BCUT2D eigenvalue weighted by Crippen LogP contribution is -2.18. The van der Waals surface area contributed by atoms with Crippen LogP contribution in [0.25, 0.3) is 0 Å². The third-order valence-electron chi connectivity index (χ3n) is 3.20. The van der Waals surface area contributed by atoms with Gasteiger partial charge in [-0.05, 0) is 42.3 Å². The molecule has 21 heavy (non-hydrogen) atoms. The van der Waals surface area contributed by atoms with E-state index in [1.807, 2.05) is 18.2 Å². The number of hydrogen-bond acceptors (Lipinski definition) is 4. The summed E-state index contributed by atoms with van der Waals surface area (Å²) in [6, 6.07) is 9.07. The third kappa shape index (κ3) is 3.00. The van der Waals surface area contributed by atoms with Crippen LogP contribution in [-0.2, 0) is 11.2 Å². The summed E-state index contributed by atoms with van der Waals surface area (Å²) in [6.07, 6.45) is 2.80. The van der Waals surface area contributed by atoms with Gasteiger partial charge in [-0.2, -0.15) is 0 Å². The molecule has 106 valence electrons. The highest BCUT2D eigenvalue weighted by Gasteiger charge is 2.15. The van der Waals surface area contributed by atoms with Gasteiger partial charge in [0.05, 0.1) is 11.9 Å². The molecule has 3 N–H and O–H groups in total. The van der Waals surface area contributed by atoms with Crippen LogP contribution >= 0.6 is 12.2 Å². The zero-order valence-electron chi connectivity index (χ0n) is 11.1. The van der Waals surface area contributed by atoms with E-state index in [4.69, 9.17) is 22.7 Å². The molecular formula is C15H13N3O2S. The number of nitrogens with one attached hydrogen (secondary N) is 1. The van der Waals surface area contributed by atoms with E-state index in [0.29, 0.717) is 23.6 Å². The summed E-state index contributed by atoms with van der Waals surface area (Å²) in [7, 11) is 0. The summed E-state index contributed by atoms with van der Waals surface area (Å²) >= 11 is 4.85. The summed E-state index contributed by atoms with van der Waals surface area (Å²) in [6.45, 7) is 0. The van der Waals surface area contributed by atoms with Crippen LogP contribution in [0.15, 0.2) is 36.5 Å². The predicted octanol–water partition coefficient (Wildman–Crippen LogP) is 2.39. The monoisotopic (exact) mass is 299 g/mol. The number of rotatable bonds is 3. The summed E-state index contributed by atoms with van der Waals surface area (Å²) in [5.41, 5.74) is 7.98. The van der Waals surface area contributed by atoms with Crippen LogP contribution in [-0.4, -0.2) is 15.9 Å². The van der Waals surface area contributed by atoms with Crippen molar-refractivity contribution < 1.29 is 9.53 Å². The van der Waals surface area contributed by atoms with E-state index in [1.54, 1.807) is 18.3 Å². The van der Waals surface area contributed by atoms with E-state index in [0.717, 1.165) is 17.7 Å². The van der Waals surface area contributed by atoms with Crippen molar-refractivity contribution in [2.45, 2.75) is 12.8 Å². The molecule has 0 radical (unpaired) electrons. The Hall–Kier alpha value is -2.47. The van der Waals surface area contributed by atoms with Crippen LogP contribution < -0.4 is 15.8 Å². The highest BCUT2D eigenvalue weighted by atomic mass is 32.1. The molecular weight excluding hydrogens is 286 g/mol. The number of anilines is 1. The van der Waals surface area contributed by atoms with E-state index in [-0.39, 0.29) is 10.9 Å². The van der Waals surface area contributed by atoms with Gasteiger partial charge in [0, 0.05) is 12.1 Å². The molecule has 2 heterocycles. The fraction of sp³-hybridized carbons (Fsp3) is 0.133. The van der Waals surface area contributed by atoms with Crippen molar-refractivity contribution in [1.29, 1.82) is 0 Å². The number of carbonyl (C=O) groups is 1. The Labute approximate surface area is 127 Å². The average Bonchev–Trinajstić information content (AvgIpc) is 2.48. The van der Waals surface area contributed by atoms with Crippen molar-refractivity contribution in [3.8, 4) is 11.5 Å². The topological polar surface area (TPSA) is 77.2 Å². The van der Waals surface area contributed by atoms with E-state index in [1.165, 1.54) is 0 Å². The fourth-order valence-electron chi connectivity index (χ4n) is 2.15. The maximum absolute atomic E-state index is 11.3. The van der Waals surface area contributed by atoms with Crippen LogP contribution in [0.2, 0.25) is 0 Å². The zero-order chi connectivity index (χ0) is 14.8. The van der Waals surface area contributed by atoms with Gasteiger partial charge in [-0.25, -0.2) is 4.98 Å². The van der Waals surface area contributed by atoms with Gasteiger partial charge in [0.25, 0.3) is 0 Å². The number of benzene rings is 1. The van der Waals surface area contributed by atoms with Gasteiger partial charge in [0.1, 0.15) is 16.5 Å². The summed E-state index contributed by atoms with van der Waals surface area (Å²) < 4.78 is 5.75. The SMILES string of the molecule is NC(=S)c1ccc(Oc2ccc3c(c2)CCC(=O)N3)cn1. The maximum atomic E-state index is 11.3. The molecule has 0 spiro atoms. The predicted molar refractivity (Wildman–Crippen MR) is 83.6 cm³/mol. The van der Waals surface area contributed by atoms with Gasteiger partial charge in [-0.3, -0.25) is 4.79 Å². The van der Waals surface area contributed by atoms with Gasteiger partial charge in [0.15, 0.2) is 0 Å². The fourth-order valence-corrected chi connectivity index (χ4v) is 2.27. The molecule has 0 unspecified atom stereocenters. The number of amides is 1. The van der Waals surface area contributed by atoms with Crippen molar-refractivity contribution in [2.75, 3.05) is 5.32 Å². The first-order valence-electron chi connectivity index (χ1n) is 6.48. The molecule has 1 aromatic heterocycles. The molecule has 1 aromatic carbocycles. The summed E-state index contributed by atoms with van der Waals surface area (Å²) in [5, 5.41) is 2.84. The minimum atomic E-state index is 0.0497. The Morgan fingerprint density at radius 2 is 2.05 bits per heavy atom. The van der Waals surface area contributed by atoms with Crippen LogP contribution in [0.5, 0.6) is 11.5 Å². The van der Waals surface area contributed by atoms with Crippen LogP contribution in [0.3, 0.4) is 0 Å². The highest BCUT2D eigenvalue weighted by Crippen LogP contribution is 2.29. The van der Waals surface area contributed by atoms with Gasteiger partial charge in [0.2, 0.25) is 5.91 Å². The minimum Gasteiger partial charge on any atom is -0.456 e. The van der Waals surface area contributed by atoms with Gasteiger partial charge < -0.3 is 15.8 Å². The molecule has 0 aliphatic carbocycles. The first kappa shape index (κ1) is 13.5. The van der Waals surface area contributed by atoms with E-state index in [9.17, 15) is 4.79 Å². The molecule has 5 nitrogen and oxygen atoms in total. The maximum Gasteiger partial charge on any atom is 0.224 e. The van der Waals surface area contributed by atoms with E-state index in [2.05, 4.69) is 10.3 Å². The molecule has 6 heteroatoms. The van der Waals surface area contributed by atoms with Crippen LogP contribution in [0, 0.1) is 0 Å². The van der Waals surface area contributed by atoms with Crippen molar-refractivity contribution in [3.63, 3.8) is 0 Å². The van der Waals surface area contributed by atoms with Crippen molar-refractivity contribution in [3.05, 3.63) is 47.8 Å². The van der Waals surface area contributed by atoms with Gasteiger partial charge >= 0.3 is 0 Å². The molecule has 0 fully saturated rings. The quantitative estimate of drug-likeness (QED) is 0.851. The largest absolute Gasteiger partial charge is 0.456 e. The zero-order valence-corrected chi connectivity index (χ0v) is 11.9. The molecule has 0 bridgehead atoms. The Morgan fingerprint density at radius 1 is 1.24 bits per heavy atom. The number of aromatic nitrogens is 1. The van der Waals surface area contributed by atoms with Crippen molar-refractivity contribution in [2.24, 2.45) is 5.73 Å². The lowest BCUT2D eigenvalue weighted by molar-refractivity contribution is -0.116. The second-order valence-electron chi connectivity index (χ2n) is 4.71. The van der Waals surface area contributed by atoms with Crippen LogP contribution in [0.4, 0.5) is 5.69 Å². The standard InChI is InChI=1S/C15H13N3O2S/c16-15(21)13-5-3-11(8-17-13)20-10-2-4-12-9(7-10)1-6-14(19)18-12/h2-5,7-8H,1,6H2,(H2,16,21)(H,18,19). The second kappa shape index (κ2) is 5.49. The molecule has 1 amide bonds. The summed E-state index contributed by atoms with van der Waals surface area (Å²) in [5.74, 6) is 1.36. The van der Waals surface area contributed by atoms with Gasteiger partial charge in [-0.15, -0.1) is 0 Å². The number of nitrogens with zero attached hydrogens (tertiary/aromatic N) is 1. The molecule has 0 saturated heterocycles. The molecule has 1 aliphatic rings. The first-order chi connectivity index (χ1) is 10.1. The average molecular weight is 299 g/mol. The third-order valence-corrected chi connectivity index (χ3v) is 3.41. The number of hydrogen-bond donors (Lipinski definition) is 2. The molecule has 0 saturated carbocycles. The molecule has 3 rings (SSSR count). The number of pyridine rings is 1. The van der Waals surface area contributed by atoms with Gasteiger partial charge in [-0.1, -0.05) is 12.2 Å². The van der Waals surface area contributed by atoms with Crippen molar-refractivity contribution >= 4 is 28.8 Å². The Kier molecular flexibility index (Phi) is 3.53. The normalized spacial score (nSPS) is 13.2. The number of aryl methyl sites for hydroxylation is 1. The number of nitrogens with two attached hydrogens (primary N) is 1. The molecule has 1 aliphatic heterocycles. The highest BCUT2D eigenvalue weighted by molar-refractivity contribution is 7.80. The number of thiocarbonyl (C=S) groups is 1. The smallest absolute Gasteiger partial charge is 0.224 e. The summed E-state index contributed by atoms with van der Waals surface area (Å²) in [4.78, 5) is 15.7. The molecule has 0 atom stereocenters. The lowest BCUT2D eigenvalue weighted by Gasteiger charge is -2.17. The Balaban J connectivity index is 1.79.